The molecule has 0 amide bonds. The van der Waals surface area contributed by atoms with Gasteiger partial charge in [0.15, 0.2) is 0 Å². The monoisotopic (exact) mass is 243 g/mol. The summed E-state index contributed by atoms with van der Waals surface area (Å²) >= 11 is 5.84. The highest BCUT2D eigenvalue weighted by Crippen LogP contribution is 2.36. The van der Waals surface area contributed by atoms with Gasteiger partial charge in [0.2, 0.25) is 0 Å². The van der Waals surface area contributed by atoms with Crippen molar-refractivity contribution < 1.29 is 4.74 Å². The van der Waals surface area contributed by atoms with Crippen molar-refractivity contribution in [2.24, 2.45) is 5.92 Å². The van der Waals surface area contributed by atoms with E-state index in [1.54, 1.807) is 7.11 Å². The van der Waals surface area contributed by atoms with Gasteiger partial charge in [0.25, 0.3) is 0 Å². The number of methoxy groups -OCH3 is 1. The molecule has 2 rings (SSSR count). The zero-order valence-corrected chi connectivity index (χ0v) is 10.6. The maximum atomic E-state index is 5.84. The molecule has 0 N–H and O–H groups in total. The summed E-state index contributed by atoms with van der Waals surface area (Å²) < 4.78 is 7.18. The van der Waals surface area contributed by atoms with Crippen molar-refractivity contribution in [3.05, 3.63) is 11.4 Å². The van der Waals surface area contributed by atoms with Gasteiger partial charge in [-0.2, -0.15) is 0 Å². The third-order valence-electron chi connectivity index (χ3n) is 3.50. The van der Waals surface area contributed by atoms with Crippen LogP contribution in [0.4, 0.5) is 0 Å². The summed E-state index contributed by atoms with van der Waals surface area (Å²) in [7, 11) is 1.68. The van der Waals surface area contributed by atoms with Crippen LogP contribution in [-0.2, 0) is 17.2 Å². The molecule has 0 bridgehead atoms. The van der Waals surface area contributed by atoms with E-state index in [9.17, 15) is 0 Å². The molecule has 0 saturated heterocycles. The minimum Gasteiger partial charge on any atom is -0.378 e. The van der Waals surface area contributed by atoms with Gasteiger partial charge in [-0.3, -0.25) is 0 Å². The minimum absolute atomic E-state index is 0.399. The van der Waals surface area contributed by atoms with Crippen LogP contribution in [0, 0.1) is 5.92 Å². The van der Waals surface area contributed by atoms with Crippen molar-refractivity contribution in [2.75, 3.05) is 7.11 Å². The summed E-state index contributed by atoms with van der Waals surface area (Å²) in [6.07, 6.45) is 3.93. The molecular weight excluding hydrogens is 226 g/mol. The van der Waals surface area contributed by atoms with Crippen molar-refractivity contribution in [1.29, 1.82) is 0 Å². The Morgan fingerprint density at radius 3 is 2.81 bits per heavy atom. The van der Waals surface area contributed by atoms with Gasteiger partial charge in [0.1, 0.15) is 5.69 Å². The van der Waals surface area contributed by atoms with Gasteiger partial charge in [-0.05, 0) is 25.7 Å². The summed E-state index contributed by atoms with van der Waals surface area (Å²) in [5.41, 5.74) is 1.87. The molecule has 0 radical (unpaired) electrons. The van der Waals surface area contributed by atoms with E-state index < -0.39 is 0 Å². The summed E-state index contributed by atoms with van der Waals surface area (Å²) in [5.74, 6) is 1.14. The van der Waals surface area contributed by atoms with Gasteiger partial charge in [-0.25, -0.2) is 4.68 Å². The molecule has 0 aliphatic heterocycles. The molecule has 1 aliphatic rings. The highest BCUT2D eigenvalue weighted by molar-refractivity contribution is 6.16. The molecule has 0 spiro atoms. The van der Waals surface area contributed by atoms with Crippen molar-refractivity contribution in [3.63, 3.8) is 0 Å². The summed E-state index contributed by atoms with van der Waals surface area (Å²) in [5, 5.41) is 8.33. The standard InChI is InChI=1S/C11H18ClN3O/c1-8(9-4-3-5-9)15-11(7-16-2)10(6-12)13-14-15/h8-9H,3-7H2,1-2H3. The van der Waals surface area contributed by atoms with Crippen LogP contribution < -0.4 is 0 Å². The van der Waals surface area contributed by atoms with Crippen molar-refractivity contribution in [3.8, 4) is 0 Å². The van der Waals surface area contributed by atoms with Crippen LogP contribution in [0.3, 0.4) is 0 Å². The second-order valence-electron chi connectivity index (χ2n) is 4.43. The van der Waals surface area contributed by atoms with Crippen LogP contribution in [0.25, 0.3) is 0 Å². The molecule has 1 saturated carbocycles. The number of hydrogen-bond donors (Lipinski definition) is 0. The van der Waals surface area contributed by atoms with Gasteiger partial charge >= 0.3 is 0 Å². The van der Waals surface area contributed by atoms with Gasteiger partial charge in [-0.1, -0.05) is 11.6 Å². The molecule has 1 atom stereocenters. The fourth-order valence-electron chi connectivity index (χ4n) is 2.19. The van der Waals surface area contributed by atoms with Gasteiger partial charge < -0.3 is 4.74 Å². The lowest BCUT2D eigenvalue weighted by Gasteiger charge is -2.32. The topological polar surface area (TPSA) is 39.9 Å². The van der Waals surface area contributed by atoms with Crippen LogP contribution in [0.1, 0.15) is 43.6 Å². The Morgan fingerprint density at radius 2 is 2.31 bits per heavy atom. The second kappa shape index (κ2) is 5.15. The van der Waals surface area contributed by atoms with E-state index in [1.807, 2.05) is 4.68 Å². The van der Waals surface area contributed by atoms with Gasteiger partial charge in [0.05, 0.1) is 24.2 Å². The molecule has 1 unspecified atom stereocenters. The highest BCUT2D eigenvalue weighted by atomic mass is 35.5. The van der Waals surface area contributed by atoms with E-state index in [4.69, 9.17) is 16.3 Å². The Morgan fingerprint density at radius 1 is 1.56 bits per heavy atom. The fraction of sp³-hybridized carbons (Fsp3) is 0.818. The largest absolute Gasteiger partial charge is 0.378 e. The maximum Gasteiger partial charge on any atom is 0.103 e. The van der Waals surface area contributed by atoms with E-state index in [0.717, 1.165) is 17.3 Å². The zero-order valence-electron chi connectivity index (χ0n) is 9.82. The normalized spacial score (nSPS) is 18.4. The van der Waals surface area contributed by atoms with Crippen LogP contribution in [0.5, 0.6) is 0 Å². The Hall–Kier alpha value is -0.610. The van der Waals surface area contributed by atoms with Crippen LogP contribution in [0.15, 0.2) is 0 Å². The number of alkyl halides is 1. The first-order chi connectivity index (χ1) is 7.77. The number of rotatable bonds is 5. The minimum atomic E-state index is 0.399. The predicted octanol–water partition coefficient (Wildman–Crippen LogP) is 2.52. The zero-order chi connectivity index (χ0) is 11.5. The predicted molar refractivity (Wildman–Crippen MR) is 62.3 cm³/mol. The van der Waals surface area contributed by atoms with Crippen LogP contribution >= 0.6 is 11.6 Å². The highest BCUT2D eigenvalue weighted by Gasteiger charge is 2.28. The average molecular weight is 244 g/mol. The molecule has 16 heavy (non-hydrogen) atoms. The van der Waals surface area contributed by atoms with E-state index in [-0.39, 0.29) is 0 Å². The number of aromatic nitrogens is 3. The van der Waals surface area contributed by atoms with Crippen molar-refractivity contribution in [2.45, 2.75) is 44.7 Å². The van der Waals surface area contributed by atoms with Crippen molar-refractivity contribution in [1.82, 2.24) is 15.0 Å². The summed E-state index contributed by atoms with van der Waals surface area (Å²) in [6.45, 7) is 2.74. The van der Waals surface area contributed by atoms with Crippen molar-refractivity contribution >= 4 is 11.6 Å². The third-order valence-corrected chi connectivity index (χ3v) is 3.75. The lowest BCUT2D eigenvalue weighted by atomic mass is 9.80. The number of halogens is 1. The average Bonchev–Trinajstić information content (AvgIpc) is 2.59. The van der Waals surface area contributed by atoms with Gasteiger partial charge in [0, 0.05) is 7.11 Å². The number of ether oxygens (including phenoxy) is 1. The first kappa shape index (κ1) is 11.9. The number of hydrogen-bond acceptors (Lipinski definition) is 3. The Kier molecular flexibility index (Phi) is 3.82. The lowest BCUT2D eigenvalue weighted by molar-refractivity contribution is 0.158. The molecule has 90 valence electrons. The molecular formula is C11H18ClN3O. The molecule has 1 aromatic rings. The van der Waals surface area contributed by atoms with E-state index >= 15 is 0 Å². The quantitative estimate of drug-likeness (QED) is 0.746. The fourth-order valence-corrected chi connectivity index (χ4v) is 2.39. The summed E-state index contributed by atoms with van der Waals surface area (Å²) in [4.78, 5) is 0. The van der Waals surface area contributed by atoms with Gasteiger partial charge in [-0.15, -0.1) is 16.7 Å². The SMILES string of the molecule is COCc1c(CCl)nnn1C(C)C1CCC1. The van der Waals surface area contributed by atoms with E-state index in [1.165, 1.54) is 19.3 Å². The Bertz CT molecular complexity index is 349. The Balaban J connectivity index is 2.20. The lowest BCUT2D eigenvalue weighted by Crippen LogP contribution is -2.25. The first-order valence-electron chi connectivity index (χ1n) is 5.75. The van der Waals surface area contributed by atoms with E-state index in [0.29, 0.717) is 18.5 Å². The molecule has 5 heteroatoms. The maximum absolute atomic E-state index is 5.84. The molecule has 1 aromatic heterocycles. The smallest absolute Gasteiger partial charge is 0.103 e. The third kappa shape index (κ3) is 2.09. The second-order valence-corrected chi connectivity index (χ2v) is 4.69. The molecule has 0 aromatic carbocycles. The molecule has 4 nitrogen and oxygen atoms in total. The van der Waals surface area contributed by atoms with E-state index in [2.05, 4.69) is 17.2 Å². The molecule has 1 fully saturated rings. The number of nitrogens with zero attached hydrogens (tertiary/aromatic N) is 3. The van der Waals surface area contributed by atoms with Crippen LogP contribution in [-0.4, -0.2) is 22.1 Å². The molecule has 1 aliphatic carbocycles. The summed E-state index contributed by atoms with van der Waals surface area (Å²) in [6, 6.07) is 0.406. The first-order valence-corrected chi connectivity index (χ1v) is 6.29. The molecule has 1 heterocycles. The Labute approximate surface area is 101 Å². The van der Waals surface area contributed by atoms with Crippen LogP contribution in [0.2, 0.25) is 0 Å².